The minimum Gasteiger partial charge on any atom is -0.442 e. The van der Waals surface area contributed by atoms with Gasteiger partial charge in [0.1, 0.15) is 6.10 Å². The Morgan fingerprint density at radius 1 is 0.700 bits per heavy atom. The number of aromatic amines is 1. The van der Waals surface area contributed by atoms with E-state index in [1.54, 1.807) is 0 Å². The summed E-state index contributed by atoms with van der Waals surface area (Å²) in [7, 11) is 0. The van der Waals surface area contributed by atoms with Crippen molar-refractivity contribution in [2.24, 2.45) is 65.1 Å². The summed E-state index contributed by atoms with van der Waals surface area (Å²) < 4.78 is 5.44. The van der Waals surface area contributed by atoms with Crippen LogP contribution < -0.4 is 5.32 Å². The van der Waals surface area contributed by atoms with Gasteiger partial charge >= 0.3 is 6.09 Å². The van der Waals surface area contributed by atoms with Gasteiger partial charge in [-0.1, -0.05) is 79.7 Å². The highest BCUT2D eigenvalue weighted by molar-refractivity contribution is 5.80. The van der Waals surface area contributed by atoms with Gasteiger partial charge in [-0.2, -0.15) is 5.21 Å². The van der Waals surface area contributed by atoms with E-state index in [9.17, 15) is 19.5 Å². The van der Waals surface area contributed by atoms with E-state index in [0.29, 0.717) is 67.3 Å². The second kappa shape index (κ2) is 15.9. The Kier molecular flexibility index (Phi) is 10.5. The van der Waals surface area contributed by atoms with Crippen LogP contribution in [-0.4, -0.2) is 92.3 Å². The summed E-state index contributed by atoms with van der Waals surface area (Å²) in [5.74, 6) is 8.82. The number of tetrazole rings is 1. The van der Waals surface area contributed by atoms with Crippen molar-refractivity contribution in [3.63, 3.8) is 0 Å². The summed E-state index contributed by atoms with van der Waals surface area (Å²) in [5.41, 5.74) is 2.75. The number of H-pyrrole nitrogens is 1. The molecule has 0 unspecified atom stereocenters. The molecule has 12 nitrogen and oxygen atoms in total. The average molecular weight is 818 g/mol. The Bertz CT molecular complexity index is 1940. The van der Waals surface area contributed by atoms with Gasteiger partial charge in [-0.15, -0.1) is 10.2 Å². The molecule has 2 aliphatic heterocycles. The minimum absolute atomic E-state index is 0.0514. The number of aliphatic hydroxyl groups excluding tert-OH is 1. The van der Waals surface area contributed by atoms with Gasteiger partial charge in [-0.05, 0) is 122 Å². The average Bonchev–Trinajstić information content (AvgIpc) is 3.74. The van der Waals surface area contributed by atoms with E-state index in [1.165, 1.54) is 62.5 Å². The van der Waals surface area contributed by atoms with Crippen LogP contribution in [0.15, 0.2) is 60.7 Å². The fraction of sp³-hybridized carbons (Fsp3) is 0.667. The smallest absolute Gasteiger partial charge is 0.407 e. The number of ether oxygens (including phenoxy) is 1. The molecule has 60 heavy (non-hydrogen) atoms. The number of likely N-dealkylation sites (tertiary alicyclic amines) is 2. The van der Waals surface area contributed by atoms with Gasteiger partial charge in [0.25, 0.3) is 0 Å². The first-order valence-corrected chi connectivity index (χ1v) is 23.1. The van der Waals surface area contributed by atoms with Crippen LogP contribution in [0.2, 0.25) is 0 Å². The summed E-state index contributed by atoms with van der Waals surface area (Å²) in [6.45, 7) is 7.68. The van der Waals surface area contributed by atoms with Crippen LogP contribution in [0.3, 0.4) is 0 Å². The lowest BCUT2D eigenvalue weighted by molar-refractivity contribution is -0.151. The van der Waals surface area contributed by atoms with Crippen LogP contribution in [0, 0.1) is 65.1 Å². The number of alkyl carbamates (subject to hydrolysis) is 1. The monoisotopic (exact) mass is 817 g/mol. The molecular formula is C48H63N7O5. The maximum atomic E-state index is 13.5. The van der Waals surface area contributed by atoms with Gasteiger partial charge in [-0.25, -0.2) is 4.79 Å². The number of nitrogens with zero attached hydrogens (tertiary/aromatic N) is 5. The van der Waals surface area contributed by atoms with E-state index in [1.807, 2.05) is 9.80 Å². The molecule has 0 radical (unpaired) electrons. The number of aliphatic hydroxyl groups is 1. The van der Waals surface area contributed by atoms with Crippen molar-refractivity contribution in [2.75, 3.05) is 32.8 Å². The summed E-state index contributed by atoms with van der Waals surface area (Å²) >= 11 is 0. The Balaban J connectivity index is 0.000000149. The van der Waals surface area contributed by atoms with Gasteiger partial charge in [-0.3, -0.25) is 9.59 Å². The molecule has 8 aliphatic carbocycles. The number of nitrogens with one attached hydrogen (secondary N) is 2. The molecule has 3 aromatic rings. The van der Waals surface area contributed by atoms with Crippen LogP contribution in [0.25, 0.3) is 0 Å². The molecule has 12 heteroatoms. The molecule has 1 aromatic heterocycles. The molecule has 8 bridgehead atoms. The standard InChI is InChI=1S/C25H32N6O3.C23H31NO2/c1-15-16-7-19-9-17(15)10-20(8-16)25(19,18-5-3-2-4-6-18)11-23(32)31-13-21(14-31)34-24(33)26-12-22-27-29-30-28-22;1-15-17-7-20-9-18(15)10-21(8-17)23(20,19-5-3-2-4-6-19)11-22(26)24-12-16(13-24)14-25/h2-6,15-17,19-21H,7-14H2,1H3,(H,26,33)(H,27,28,29,30);2-6,15-18,20-21,25H,7-14H2,1H3. The maximum Gasteiger partial charge on any atom is 0.407 e. The van der Waals surface area contributed by atoms with Crippen molar-refractivity contribution in [3.8, 4) is 0 Å². The molecular weight excluding hydrogens is 755 g/mol. The van der Waals surface area contributed by atoms with Crippen LogP contribution >= 0.6 is 0 Å². The molecule has 3 N–H and O–H groups in total. The Morgan fingerprint density at radius 2 is 1.13 bits per heavy atom. The Morgan fingerprint density at radius 3 is 1.53 bits per heavy atom. The van der Waals surface area contributed by atoms with E-state index in [2.05, 4.69) is 100 Å². The third kappa shape index (κ3) is 6.83. The quantitative estimate of drug-likeness (QED) is 0.221. The highest BCUT2D eigenvalue weighted by Gasteiger charge is 2.62. The normalized spacial score (nSPS) is 37.2. The first-order chi connectivity index (χ1) is 29.1. The Labute approximate surface area is 354 Å². The third-order valence-electron chi connectivity index (χ3n) is 17.9. The summed E-state index contributed by atoms with van der Waals surface area (Å²) in [6.07, 6.45) is 10.7. The largest absolute Gasteiger partial charge is 0.442 e. The van der Waals surface area contributed by atoms with Crippen LogP contribution in [-0.2, 0) is 31.7 Å². The zero-order chi connectivity index (χ0) is 41.2. The molecule has 320 valence electrons. The number of hydrogen-bond donors (Lipinski definition) is 3. The lowest BCUT2D eigenvalue weighted by Crippen LogP contribution is -2.61. The number of amides is 3. The predicted octanol–water partition coefficient (Wildman–Crippen LogP) is 6.13. The number of benzene rings is 2. The van der Waals surface area contributed by atoms with Crippen molar-refractivity contribution in [2.45, 2.75) is 102 Å². The molecule has 3 amide bonds. The summed E-state index contributed by atoms with van der Waals surface area (Å²) in [4.78, 5) is 42.6. The molecule has 0 atom stereocenters. The zero-order valence-electron chi connectivity index (χ0n) is 35.3. The van der Waals surface area contributed by atoms with Gasteiger partial charge in [0.15, 0.2) is 5.82 Å². The van der Waals surface area contributed by atoms with Crippen molar-refractivity contribution >= 4 is 17.9 Å². The number of hydrogen-bond acceptors (Lipinski definition) is 8. The maximum absolute atomic E-state index is 13.5. The van der Waals surface area contributed by atoms with Gasteiger partial charge in [0.05, 0.1) is 19.6 Å². The van der Waals surface area contributed by atoms with E-state index < -0.39 is 6.09 Å². The second-order valence-electron chi connectivity index (χ2n) is 20.5. The topological polar surface area (TPSA) is 154 Å². The van der Waals surface area contributed by atoms with Crippen molar-refractivity contribution in [1.82, 2.24) is 35.7 Å². The lowest BCUT2D eigenvalue weighted by Gasteiger charge is -2.64. The van der Waals surface area contributed by atoms with Crippen molar-refractivity contribution in [3.05, 3.63) is 77.6 Å². The molecule has 2 aromatic carbocycles. The van der Waals surface area contributed by atoms with Crippen LogP contribution in [0.5, 0.6) is 0 Å². The lowest BCUT2D eigenvalue weighted by atomic mass is 9.41. The molecule has 8 saturated carbocycles. The predicted molar refractivity (Wildman–Crippen MR) is 224 cm³/mol. The number of carbonyl (C=O) groups is 3. The van der Waals surface area contributed by atoms with Gasteiger partial charge in [0.2, 0.25) is 11.8 Å². The zero-order valence-corrected chi connectivity index (χ0v) is 35.3. The van der Waals surface area contributed by atoms with E-state index >= 15 is 0 Å². The van der Waals surface area contributed by atoms with Crippen LogP contribution in [0.4, 0.5) is 4.79 Å². The third-order valence-corrected chi connectivity index (χ3v) is 17.9. The van der Waals surface area contributed by atoms with E-state index in [4.69, 9.17) is 4.74 Å². The van der Waals surface area contributed by atoms with E-state index in [0.717, 1.165) is 48.6 Å². The number of carbonyl (C=O) groups excluding carboxylic acids is 3. The summed E-state index contributed by atoms with van der Waals surface area (Å²) in [6, 6.07) is 21.8. The molecule has 13 rings (SSSR count). The SMILES string of the molecule is CC1C2CC3CC1CC(C2)C3(CC(=O)N1CC(CO)C1)c1ccccc1.CC1C2CC3CC1CC(C2)C3(CC(=O)N1CC(OC(=O)NCc2nn[nH]n2)C1)c1ccccc1. The van der Waals surface area contributed by atoms with Crippen molar-refractivity contribution in [1.29, 1.82) is 0 Å². The number of rotatable bonds is 10. The molecule has 10 fully saturated rings. The molecule has 2 saturated heterocycles. The minimum atomic E-state index is -0.530. The fourth-order valence-corrected chi connectivity index (χ4v) is 14.7. The van der Waals surface area contributed by atoms with Crippen molar-refractivity contribution < 1.29 is 24.2 Å². The molecule has 0 spiro atoms. The summed E-state index contributed by atoms with van der Waals surface area (Å²) in [5, 5.41) is 25.3. The van der Waals surface area contributed by atoms with Crippen LogP contribution in [0.1, 0.15) is 95.0 Å². The highest BCUT2D eigenvalue weighted by atomic mass is 16.6. The molecule has 10 aliphatic rings. The Hall–Kier alpha value is -4.32. The van der Waals surface area contributed by atoms with E-state index in [-0.39, 0.29) is 36.0 Å². The first-order valence-electron chi connectivity index (χ1n) is 23.1. The van der Waals surface area contributed by atoms with Gasteiger partial charge < -0.3 is 25.0 Å². The number of aromatic nitrogens is 4. The fourth-order valence-electron chi connectivity index (χ4n) is 14.7. The van der Waals surface area contributed by atoms with Gasteiger partial charge in [0, 0.05) is 49.3 Å². The molecule has 3 heterocycles. The highest BCUT2D eigenvalue weighted by Crippen LogP contribution is 2.67. The second-order valence-corrected chi connectivity index (χ2v) is 20.5. The first kappa shape index (κ1) is 39.8.